The smallest absolute Gasteiger partial charge is 0.332 e. The van der Waals surface area contributed by atoms with E-state index < -0.39 is 17.2 Å². The number of carbonyl (C=O) groups is 1. The molecule has 5 aromatic rings. The van der Waals surface area contributed by atoms with E-state index in [1.54, 1.807) is 48.5 Å². The van der Waals surface area contributed by atoms with Crippen molar-refractivity contribution in [3.63, 3.8) is 0 Å². The Morgan fingerprint density at radius 3 is 2.50 bits per heavy atom. The van der Waals surface area contributed by atoms with Gasteiger partial charge in [-0.1, -0.05) is 29.8 Å². The van der Waals surface area contributed by atoms with Gasteiger partial charge in [-0.3, -0.25) is 14.2 Å². The summed E-state index contributed by atoms with van der Waals surface area (Å²) in [7, 11) is 0. The number of amides is 1. The van der Waals surface area contributed by atoms with Crippen LogP contribution in [0.3, 0.4) is 0 Å². The Kier molecular flexibility index (Phi) is 4.74. The zero-order valence-corrected chi connectivity index (χ0v) is 17.2. The highest BCUT2D eigenvalue weighted by Crippen LogP contribution is 2.25. The fourth-order valence-electron chi connectivity index (χ4n) is 3.72. The van der Waals surface area contributed by atoms with Crippen molar-refractivity contribution in [3.8, 4) is 0 Å². The topological polar surface area (TPSA) is 99.4 Å². The molecule has 32 heavy (non-hydrogen) atoms. The summed E-state index contributed by atoms with van der Waals surface area (Å²) in [4.78, 5) is 39.3. The minimum atomic E-state index is -0.621. The maximum absolute atomic E-state index is 13.4. The van der Waals surface area contributed by atoms with Gasteiger partial charge in [0.25, 0.3) is 5.56 Å². The first-order valence-corrected chi connectivity index (χ1v) is 10.0. The van der Waals surface area contributed by atoms with Gasteiger partial charge in [0.15, 0.2) is 0 Å². The summed E-state index contributed by atoms with van der Waals surface area (Å²) in [5, 5.41) is 3.38. The Bertz CT molecular complexity index is 1550. The Hall–Kier alpha value is -4.33. The maximum atomic E-state index is 13.4. The van der Waals surface area contributed by atoms with Gasteiger partial charge in [-0.05, 0) is 43.3 Å². The lowest BCUT2D eigenvalue weighted by atomic mass is 10.2. The maximum Gasteiger partial charge on any atom is 0.332 e. The number of carbonyl (C=O) groups excluding carboxylic acids is 1. The number of hydrogen-bond acceptors (Lipinski definition) is 5. The zero-order valence-electron chi connectivity index (χ0n) is 17.2. The van der Waals surface area contributed by atoms with Crippen LogP contribution in [0.15, 0.2) is 85.4 Å². The molecule has 2 aromatic carbocycles. The number of aryl methyl sites for hydroxylation is 1. The number of benzene rings is 2. The number of para-hydroxylation sites is 1. The number of aromatic nitrogens is 2. The van der Waals surface area contributed by atoms with Crippen molar-refractivity contribution in [1.29, 1.82) is 0 Å². The molecule has 0 aliphatic carbocycles. The van der Waals surface area contributed by atoms with E-state index in [-0.39, 0.29) is 18.7 Å². The lowest BCUT2D eigenvalue weighted by Gasteiger charge is -2.12. The molecule has 0 unspecified atom stereocenters. The molecule has 0 bridgehead atoms. The molecule has 0 aliphatic rings. The van der Waals surface area contributed by atoms with Gasteiger partial charge in [-0.15, -0.1) is 0 Å². The number of nitrogens with zero attached hydrogens (tertiary/aromatic N) is 2. The lowest BCUT2D eigenvalue weighted by Crippen LogP contribution is -2.41. The van der Waals surface area contributed by atoms with Gasteiger partial charge < -0.3 is 14.2 Å². The number of rotatable bonds is 5. The number of furan rings is 2. The van der Waals surface area contributed by atoms with Gasteiger partial charge in [-0.2, -0.15) is 0 Å². The molecule has 1 amide bonds. The van der Waals surface area contributed by atoms with Crippen LogP contribution in [0.25, 0.3) is 22.1 Å². The first-order valence-electron chi connectivity index (χ1n) is 10.0. The molecule has 160 valence electrons. The van der Waals surface area contributed by atoms with Gasteiger partial charge in [0.05, 0.1) is 12.8 Å². The fraction of sp³-hybridized carbons (Fsp3) is 0.125. The van der Waals surface area contributed by atoms with Crippen molar-refractivity contribution in [2.75, 3.05) is 5.32 Å². The highest BCUT2D eigenvalue weighted by molar-refractivity contribution is 6.03. The first-order chi connectivity index (χ1) is 15.5. The molecule has 3 aromatic heterocycles. The average molecular weight is 429 g/mol. The third-order valence-electron chi connectivity index (χ3n) is 5.27. The van der Waals surface area contributed by atoms with Crippen molar-refractivity contribution >= 4 is 33.7 Å². The standard InChI is InChI=1S/C24H19N3O5/c1-15-8-10-16(11-9-15)25-20(28)14-26-21-18-6-2-3-7-19(18)32-22(21)23(29)27(24(26)30)13-17-5-4-12-31-17/h2-12H,13-14H2,1H3,(H,25,28). The number of anilines is 1. The molecule has 1 N–H and O–H groups in total. The van der Waals surface area contributed by atoms with Crippen molar-refractivity contribution in [2.45, 2.75) is 20.0 Å². The summed E-state index contributed by atoms with van der Waals surface area (Å²) in [6, 6.07) is 17.7. The Balaban J connectivity index is 1.65. The zero-order chi connectivity index (χ0) is 22.2. The molecule has 0 saturated carbocycles. The number of fused-ring (bicyclic) bond motifs is 3. The monoisotopic (exact) mass is 429 g/mol. The normalized spacial score (nSPS) is 11.3. The van der Waals surface area contributed by atoms with Crippen LogP contribution in [0.4, 0.5) is 5.69 Å². The van der Waals surface area contributed by atoms with Crippen LogP contribution in [-0.4, -0.2) is 15.0 Å². The van der Waals surface area contributed by atoms with Crippen molar-refractivity contribution in [3.05, 3.63) is 99.1 Å². The van der Waals surface area contributed by atoms with E-state index in [1.165, 1.54) is 10.8 Å². The second-order valence-electron chi connectivity index (χ2n) is 7.53. The highest BCUT2D eigenvalue weighted by Gasteiger charge is 2.21. The summed E-state index contributed by atoms with van der Waals surface area (Å²) in [6.45, 7) is 1.59. The van der Waals surface area contributed by atoms with E-state index >= 15 is 0 Å². The summed E-state index contributed by atoms with van der Waals surface area (Å²) in [5.41, 5.74) is 1.26. The van der Waals surface area contributed by atoms with E-state index in [4.69, 9.17) is 8.83 Å². The molecule has 8 heteroatoms. The molecule has 0 fully saturated rings. The minimum absolute atomic E-state index is 0.0143. The van der Waals surface area contributed by atoms with Gasteiger partial charge in [0.1, 0.15) is 23.4 Å². The second kappa shape index (κ2) is 7.73. The van der Waals surface area contributed by atoms with Gasteiger partial charge in [0, 0.05) is 11.1 Å². The molecular formula is C24H19N3O5. The molecule has 0 atom stereocenters. The third-order valence-corrected chi connectivity index (χ3v) is 5.27. The SMILES string of the molecule is Cc1ccc(NC(=O)Cn2c(=O)n(Cc3ccco3)c(=O)c3oc4ccccc4c32)cc1. The quantitative estimate of drug-likeness (QED) is 0.461. The van der Waals surface area contributed by atoms with Crippen LogP contribution >= 0.6 is 0 Å². The van der Waals surface area contributed by atoms with Crippen molar-refractivity contribution in [2.24, 2.45) is 0 Å². The minimum Gasteiger partial charge on any atom is -0.467 e. The van der Waals surface area contributed by atoms with E-state index in [2.05, 4.69) is 5.32 Å². The Morgan fingerprint density at radius 1 is 0.969 bits per heavy atom. The molecule has 0 radical (unpaired) electrons. The van der Waals surface area contributed by atoms with Crippen LogP contribution < -0.4 is 16.6 Å². The van der Waals surface area contributed by atoms with Crippen molar-refractivity contribution in [1.82, 2.24) is 9.13 Å². The summed E-state index contributed by atoms with van der Waals surface area (Å²) < 4.78 is 13.4. The molecule has 0 saturated heterocycles. The molecular weight excluding hydrogens is 410 g/mol. The molecule has 3 heterocycles. The predicted molar refractivity (Wildman–Crippen MR) is 120 cm³/mol. The van der Waals surface area contributed by atoms with Crippen LogP contribution in [-0.2, 0) is 17.9 Å². The predicted octanol–water partition coefficient (Wildman–Crippen LogP) is 3.50. The van der Waals surface area contributed by atoms with E-state index in [0.29, 0.717) is 27.9 Å². The average Bonchev–Trinajstić information content (AvgIpc) is 3.44. The summed E-state index contributed by atoms with van der Waals surface area (Å²) in [5.74, 6) is 0.0426. The lowest BCUT2D eigenvalue weighted by molar-refractivity contribution is -0.116. The van der Waals surface area contributed by atoms with E-state index in [0.717, 1.165) is 10.1 Å². The van der Waals surface area contributed by atoms with E-state index in [1.807, 2.05) is 19.1 Å². The summed E-state index contributed by atoms with van der Waals surface area (Å²) >= 11 is 0. The van der Waals surface area contributed by atoms with Gasteiger partial charge in [-0.25, -0.2) is 9.36 Å². The van der Waals surface area contributed by atoms with Crippen LogP contribution in [0.2, 0.25) is 0 Å². The Morgan fingerprint density at radius 2 is 1.75 bits per heavy atom. The third kappa shape index (κ3) is 3.41. The van der Waals surface area contributed by atoms with Crippen LogP contribution in [0, 0.1) is 6.92 Å². The number of hydrogen-bond donors (Lipinski definition) is 1. The summed E-state index contributed by atoms with van der Waals surface area (Å²) in [6.07, 6.45) is 1.47. The number of nitrogens with one attached hydrogen (secondary N) is 1. The molecule has 8 nitrogen and oxygen atoms in total. The van der Waals surface area contributed by atoms with Crippen LogP contribution in [0.5, 0.6) is 0 Å². The van der Waals surface area contributed by atoms with Crippen LogP contribution in [0.1, 0.15) is 11.3 Å². The van der Waals surface area contributed by atoms with E-state index in [9.17, 15) is 14.4 Å². The second-order valence-corrected chi connectivity index (χ2v) is 7.53. The molecule has 0 spiro atoms. The Labute approximate surface area is 181 Å². The fourth-order valence-corrected chi connectivity index (χ4v) is 3.72. The molecule has 0 aliphatic heterocycles. The highest BCUT2D eigenvalue weighted by atomic mass is 16.3. The first kappa shape index (κ1) is 19.6. The molecule has 5 rings (SSSR count). The van der Waals surface area contributed by atoms with Gasteiger partial charge >= 0.3 is 5.69 Å². The van der Waals surface area contributed by atoms with Crippen molar-refractivity contribution < 1.29 is 13.6 Å². The largest absolute Gasteiger partial charge is 0.467 e. The van der Waals surface area contributed by atoms with Gasteiger partial charge in [0.2, 0.25) is 11.5 Å².